The smallest absolute Gasteiger partial charge is 0.0531 e. The number of aromatic nitrogens is 1. The highest BCUT2D eigenvalue weighted by molar-refractivity contribution is 5.89. The first-order valence-corrected chi connectivity index (χ1v) is 5.30. The lowest BCUT2D eigenvalue weighted by atomic mass is 10.1. The summed E-state index contributed by atoms with van der Waals surface area (Å²) in [7, 11) is 0. The van der Waals surface area contributed by atoms with Crippen molar-refractivity contribution in [2.75, 3.05) is 0 Å². The van der Waals surface area contributed by atoms with Crippen LogP contribution in [0.4, 0.5) is 0 Å². The van der Waals surface area contributed by atoms with E-state index >= 15 is 0 Å². The lowest BCUT2D eigenvalue weighted by Crippen LogP contribution is -1.88. The third kappa shape index (κ3) is 1.50. The Hall–Kier alpha value is -2.02. The molecular formula is C15H15N. The van der Waals surface area contributed by atoms with E-state index in [0.717, 1.165) is 5.69 Å². The van der Waals surface area contributed by atoms with E-state index in [1.54, 1.807) is 6.08 Å². The summed E-state index contributed by atoms with van der Waals surface area (Å²) in [5.41, 5.74) is 3.63. The molecule has 0 N–H and O–H groups in total. The molecule has 0 aliphatic rings. The molecule has 1 heteroatoms. The molecule has 0 aliphatic heterocycles. The minimum atomic E-state index is 1.16. The summed E-state index contributed by atoms with van der Waals surface area (Å²) >= 11 is 0. The van der Waals surface area contributed by atoms with E-state index in [0.29, 0.717) is 0 Å². The first-order valence-electron chi connectivity index (χ1n) is 5.30. The van der Waals surface area contributed by atoms with Crippen molar-refractivity contribution < 1.29 is 0 Å². The largest absolute Gasteiger partial charge is 0.317 e. The Morgan fingerprint density at radius 2 is 1.94 bits per heavy atom. The number of hydrogen-bond donors (Lipinski definition) is 0. The highest BCUT2D eigenvalue weighted by atomic mass is 15.0. The van der Waals surface area contributed by atoms with Gasteiger partial charge < -0.3 is 4.57 Å². The highest BCUT2D eigenvalue weighted by Gasteiger charge is 2.08. The molecule has 0 fully saturated rings. The Balaban J connectivity index is 2.81. The number of para-hydroxylation sites is 1. The van der Waals surface area contributed by atoms with Crippen LogP contribution in [0.2, 0.25) is 0 Å². The number of nitrogens with zero attached hydrogens (tertiary/aromatic N) is 1. The van der Waals surface area contributed by atoms with Crippen LogP contribution >= 0.6 is 0 Å². The molecule has 0 radical (unpaired) electrons. The Labute approximate surface area is 96.0 Å². The van der Waals surface area contributed by atoms with Gasteiger partial charge >= 0.3 is 0 Å². The van der Waals surface area contributed by atoms with E-state index in [2.05, 4.69) is 48.9 Å². The van der Waals surface area contributed by atoms with Gasteiger partial charge in [0.15, 0.2) is 0 Å². The maximum Gasteiger partial charge on any atom is 0.0531 e. The van der Waals surface area contributed by atoms with E-state index in [1.165, 1.54) is 16.5 Å². The zero-order valence-corrected chi connectivity index (χ0v) is 9.48. The molecule has 0 bridgehead atoms. The number of rotatable bonds is 3. The second-order valence-electron chi connectivity index (χ2n) is 3.67. The van der Waals surface area contributed by atoms with Gasteiger partial charge in [0.1, 0.15) is 0 Å². The Morgan fingerprint density at radius 3 is 2.62 bits per heavy atom. The van der Waals surface area contributed by atoms with Gasteiger partial charge in [-0.05, 0) is 24.6 Å². The molecule has 0 saturated carbocycles. The van der Waals surface area contributed by atoms with Crippen molar-refractivity contribution in [1.82, 2.24) is 4.57 Å². The summed E-state index contributed by atoms with van der Waals surface area (Å²) < 4.78 is 2.10. The maximum absolute atomic E-state index is 3.87. The predicted molar refractivity (Wildman–Crippen MR) is 72.3 cm³/mol. The molecule has 1 aromatic heterocycles. The van der Waals surface area contributed by atoms with Crippen LogP contribution in [0, 0.1) is 6.92 Å². The highest BCUT2D eigenvalue weighted by Crippen LogP contribution is 2.26. The SMILES string of the molecule is C=C/C=C\c1c(C)c2ccccc2n1C=C. The Bertz CT molecular complexity index is 570. The third-order valence-corrected chi connectivity index (χ3v) is 2.78. The molecule has 0 aliphatic carbocycles. The minimum Gasteiger partial charge on any atom is -0.317 e. The number of aryl methyl sites for hydroxylation is 1. The molecule has 2 rings (SSSR count). The van der Waals surface area contributed by atoms with Crippen LogP contribution in [-0.2, 0) is 0 Å². The van der Waals surface area contributed by atoms with E-state index in [9.17, 15) is 0 Å². The molecule has 80 valence electrons. The molecule has 1 aromatic carbocycles. The van der Waals surface area contributed by atoms with Crippen LogP contribution in [-0.4, -0.2) is 4.57 Å². The lowest BCUT2D eigenvalue weighted by Gasteiger charge is -2.00. The van der Waals surface area contributed by atoms with Gasteiger partial charge in [0.2, 0.25) is 0 Å². The van der Waals surface area contributed by atoms with Crippen LogP contribution in [0.3, 0.4) is 0 Å². The van der Waals surface area contributed by atoms with Crippen molar-refractivity contribution in [1.29, 1.82) is 0 Å². The molecule has 1 heterocycles. The Kier molecular flexibility index (Phi) is 2.78. The zero-order valence-electron chi connectivity index (χ0n) is 9.48. The fraction of sp³-hybridized carbons (Fsp3) is 0.0667. The molecule has 0 saturated heterocycles. The normalized spacial score (nSPS) is 11.1. The molecule has 2 aromatic rings. The summed E-state index contributed by atoms with van der Waals surface area (Å²) in [6.07, 6.45) is 7.63. The third-order valence-electron chi connectivity index (χ3n) is 2.78. The van der Waals surface area contributed by atoms with Gasteiger partial charge in [0.05, 0.1) is 5.52 Å². The summed E-state index contributed by atoms with van der Waals surface area (Å²) in [6, 6.07) is 8.34. The van der Waals surface area contributed by atoms with Crippen LogP contribution in [0.15, 0.2) is 49.6 Å². The Morgan fingerprint density at radius 1 is 1.19 bits per heavy atom. The summed E-state index contributed by atoms with van der Waals surface area (Å²) in [5, 5.41) is 1.27. The second-order valence-corrected chi connectivity index (χ2v) is 3.67. The minimum absolute atomic E-state index is 1.16. The summed E-state index contributed by atoms with van der Waals surface area (Å²) in [6.45, 7) is 9.69. The van der Waals surface area contributed by atoms with Gasteiger partial charge in [0.25, 0.3) is 0 Å². The number of allylic oxidation sites excluding steroid dienone is 2. The van der Waals surface area contributed by atoms with Gasteiger partial charge in [-0.3, -0.25) is 0 Å². The number of fused-ring (bicyclic) bond motifs is 1. The van der Waals surface area contributed by atoms with Crippen molar-refractivity contribution >= 4 is 23.2 Å². The first kappa shape index (κ1) is 10.5. The molecule has 0 unspecified atom stereocenters. The molecule has 0 atom stereocenters. The van der Waals surface area contributed by atoms with Crippen LogP contribution in [0.1, 0.15) is 11.3 Å². The van der Waals surface area contributed by atoms with Gasteiger partial charge in [-0.2, -0.15) is 0 Å². The van der Waals surface area contributed by atoms with Crippen LogP contribution in [0.5, 0.6) is 0 Å². The van der Waals surface area contributed by atoms with Crippen LogP contribution < -0.4 is 0 Å². The van der Waals surface area contributed by atoms with Crippen molar-refractivity contribution in [2.45, 2.75) is 6.92 Å². The standard InChI is InChI=1S/C15H15N/c1-4-6-10-14-12(3)13-9-7-8-11-15(13)16(14)5-2/h4-11H,1-2H2,3H3/b10-6-. The average molecular weight is 209 g/mol. The van der Waals surface area contributed by atoms with E-state index in [1.807, 2.05) is 18.3 Å². The predicted octanol–water partition coefficient (Wildman–Crippen LogP) is 4.25. The first-order chi connectivity index (χ1) is 7.79. The van der Waals surface area contributed by atoms with Gasteiger partial charge in [0, 0.05) is 17.3 Å². The average Bonchev–Trinajstić information content (AvgIpc) is 2.60. The molecular weight excluding hydrogens is 194 g/mol. The number of hydrogen-bond acceptors (Lipinski definition) is 0. The van der Waals surface area contributed by atoms with Crippen molar-refractivity contribution in [2.24, 2.45) is 0 Å². The quantitative estimate of drug-likeness (QED) is 0.666. The van der Waals surface area contributed by atoms with Crippen LogP contribution in [0.25, 0.3) is 23.2 Å². The summed E-state index contributed by atoms with van der Waals surface area (Å²) in [5.74, 6) is 0. The van der Waals surface area contributed by atoms with Gasteiger partial charge in [-0.25, -0.2) is 0 Å². The van der Waals surface area contributed by atoms with Crippen molar-refractivity contribution in [3.8, 4) is 0 Å². The van der Waals surface area contributed by atoms with Gasteiger partial charge in [-0.1, -0.05) is 43.5 Å². The van der Waals surface area contributed by atoms with Crippen molar-refractivity contribution in [3.63, 3.8) is 0 Å². The fourth-order valence-corrected chi connectivity index (χ4v) is 2.01. The zero-order chi connectivity index (χ0) is 11.5. The maximum atomic E-state index is 3.87. The molecule has 0 amide bonds. The molecule has 16 heavy (non-hydrogen) atoms. The summed E-state index contributed by atoms with van der Waals surface area (Å²) in [4.78, 5) is 0. The van der Waals surface area contributed by atoms with E-state index in [-0.39, 0.29) is 0 Å². The monoisotopic (exact) mass is 209 g/mol. The molecule has 0 spiro atoms. The lowest BCUT2D eigenvalue weighted by molar-refractivity contribution is 1.19. The fourth-order valence-electron chi connectivity index (χ4n) is 2.01. The second kappa shape index (κ2) is 4.23. The van der Waals surface area contributed by atoms with Crippen molar-refractivity contribution in [3.05, 3.63) is 60.8 Å². The topological polar surface area (TPSA) is 4.93 Å². The number of benzene rings is 1. The van der Waals surface area contributed by atoms with E-state index < -0.39 is 0 Å². The van der Waals surface area contributed by atoms with E-state index in [4.69, 9.17) is 0 Å². The van der Waals surface area contributed by atoms with Gasteiger partial charge in [-0.15, -0.1) is 0 Å². The molecule has 1 nitrogen and oxygen atoms in total.